The normalized spacial score (nSPS) is 23.6. The Morgan fingerprint density at radius 3 is 2.77 bits per heavy atom. The number of aliphatic hydroxyl groups is 1. The number of fused-ring (bicyclic) bond motifs is 3. The first kappa shape index (κ1) is 15.1. The highest BCUT2D eigenvalue weighted by Gasteiger charge is 2.43. The number of unbranched alkanes of at least 4 members (excludes halogenated alkanes) is 1. The van der Waals surface area contributed by atoms with Crippen LogP contribution in [0.5, 0.6) is 0 Å². The second-order valence-electron chi connectivity index (χ2n) is 6.03. The summed E-state index contributed by atoms with van der Waals surface area (Å²) in [5, 5.41) is 21.2. The highest BCUT2D eigenvalue weighted by Crippen LogP contribution is 2.40. The van der Waals surface area contributed by atoms with Gasteiger partial charge in [-0.2, -0.15) is 4.68 Å². The number of nitrogens with zero attached hydrogens (tertiary/aromatic N) is 6. The number of rotatable bonds is 6. The highest BCUT2D eigenvalue weighted by molar-refractivity contribution is 5.86. The molecule has 3 rings (SSSR count). The van der Waals surface area contributed by atoms with Crippen LogP contribution in [0.1, 0.15) is 58.3 Å². The molecule has 2 aliphatic heterocycles. The zero-order valence-electron chi connectivity index (χ0n) is 13.5. The van der Waals surface area contributed by atoms with Gasteiger partial charge in [-0.05, 0) is 49.1 Å². The van der Waals surface area contributed by atoms with Crippen LogP contribution in [0.2, 0.25) is 0 Å². The Balaban J connectivity index is 1.94. The molecule has 0 radical (unpaired) electrons. The molecule has 120 valence electrons. The Bertz CT molecular complexity index is 605. The van der Waals surface area contributed by atoms with Gasteiger partial charge < -0.3 is 10.0 Å². The number of hydrogen-bond acceptors (Lipinski definition) is 6. The lowest BCUT2D eigenvalue weighted by Gasteiger charge is -2.34. The molecule has 0 bridgehead atoms. The number of aromatic nitrogens is 4. The molecule has 0 fully saturated rings. The fraction of sp³-hybridized carbons (Fsp3) is 0.733. The van der Waals surface area contributed by atoms with Crippen molar-refractivity contribution in [3.63, 3.8) is 0 Å². The number of allylic oxidation sites excluding steroid dienone is 1. The predicted molar refractivity (Wildman–Crippen MR) is 84.3 cm³/mol. The van der Waals surface area contributed by atoms with Crippen LogP contribution in [-0.2, 0) is 0 Å². The fourth-order valence-electron chi connectivity index (χ4n) is 3.40. The minimum absolute atomic E-state index is 0.00521. The zero-order valence-corrected chi connectivity index (χ0v) is 13.5. The molecule has 2 aliphatic rings. The molecule has 0 saturated carbocycles. The third-order valence-electron chi connectivity index (χ3n) is 4.63. The standard InChI is InChI=1S/C15H24N6O/c1-4-7-12-16-13-14(20(12)8-5-6-9-22)10(2)11(3)21-15(13)17-18-19-21/h13-14,22H,4-9H2,1-3H3. The Kier molecular flexibility index (Phi) is 4.24. The van der Waals surface area contributed by atoms with Gasteiger partial charge in [-0.1, -0.05) is 6.92 Å². The lowest BCUT2D eigenvalue weighted by atomic mass is 9.95. The summed E-state index contributed by atoms with van der Waals surface area (Å²) in [7, 11) is 0. The Labute approximate surface area is 130 Å². The SMILES string of the molecule is CCCC1=NC2c3nnnn3C(C)=C(C)C2N1CCCCO. The van der Waals surface area contributed by atoms with Crippen LogP contribution in [-0.4, -0.2) is 55.2 Å². The van der Waals surface area contributed by atoms with E-state index in [1.54, 1.807) is 0 Å². The molecule has 0 amide bonds. The monoisotopic (exact) mass is 304 g/mol. The van der Waals surface area contributed by atoms with Crippen molar-refractivity contribution in [3.05, 3.63) is 11.4 Å². The lowest BCUT2D eigenvalue weighted by Crippen LogP contribution is -2.41. The minimum Gasteiger partial charge on any atom is -0.396 e. The van der Waals surface area contributed by atoms with Crippen LogP contribution < -0.4 is 0 Å². The zero-order chi connectivity index (χ0) is 15.7. The fourth-order valence-corrected chi connectivity index (χ4v) is 3.40. The topological polar surface area (TPSA) is 79.4 Å². The molecule has 0 aromatic carbocycles. The summed E-state index contributed by atoms with van der Waals surface area (Å²) in [6, 6.07) is 0.216. The second-order valence-corrected chi connectivity index (χ2v) is 6.03. The first-order valence-corrected chi connectivity index (χ1v) is 8.09. The summed E-state index contributed by atoms with van der Waals surface area (Å²) >= 11 is 0. The van der Waals surface area contributed by atoms with Crippen molar-refractivity contribution in [2.75, 3.05) is 13.2 Å². The number of amidine groups is 1. The number of hydrogen-bond donors (Lipinski definition) is 1. The van der Waals surface area contributed by atoms with Gasteiger partial charge in [-0.3, -0.25) is 4.99 Å². The van der Waals surface area contributed by atoms with Gasteiger partial charge >= 0.3 is 0 Å². The molecule has 3 heterocycles. The van der Waals surface area contributed by atoms with Crippen LogP contribution in [0.25, 0.3) is 5.70 Å². The van der Waals surface area contributed by atoms with Crippen LogP contribution in [0.3, 0.4) is 0 Å². The quantitative estimate of drug-likeness (QED) is 0.808. The van der Waals surface area contributed by atoms with Crippen LogP contribution in [0.4, 0.5) is 0 Å². The summed E-state index contributed by atoms with van der Waals surface area (Å²) in [4.78, 5) is 7.34. The van der Waals surface area contributed by atoms with Gasteiger partial charge in [0.05, 0.1) is 6.04 Å². The van der Waals surface area contributed by atoms with Crippen LogP contribution in [0.15, 0.2) is 10.6 Å². The van der Waals surface area contributed by atoms with Crippen molar-refractivity contribution in [1.82, 2.24) is 25.1 Å². The van der Waals surface area contributed by atoms with Gasteiger partial charge in [0.1, 0.15) is 11.9 Å². The maximum absolute atomic E-state index is 9.05. The van der Waals surface area contributed by atoms with E-state index in [1.165, 1.54) is 5.57 Å². The maximum Gasteiger partial charge on any atom is 0.183 e. The van der Waals surface area contributed by atoms with Gasteiger partial charge in [0.15, 0.2) is 5.82 Å². The first-order valence-electron chi connectivity index (χ1n) is 8.09. The number of aliphatic imine (C=N–C) groups is 1. The van der Waals surface area contributed by atoms with E-state index >= 15 is 0 Å². The average Bonchev–Trinajstić information content (AvgIpc) is 3.11. The molecule has 1 aromatic heterocycles. The second kappa shape index (κ2) is 6.16. The molecule has 0 aliphatic carbocycles. The molecular weight excluding hydrogens is 280 g/mol. The Morgan fingerprint density at radius 2 is 2.05 bits per heavy atom. The predicted octanol–water partition coefficient (Wildman–Crippen LogP) is 1.63. The van der Waals surface area contributed by atoms with Gasteiger partial charge in [0.25, 0.3) is 0 Å². The first-order chi connectivity index (χ1) is 10.7. The van der Waals surface area contributed by atoms with Gasteiger partial charge in [-0.25, -0.2) is 0 Å². The van der Waals surface area contributed by atoms with E-state index in [2.05, 4.69) is 41.2 Å². The Hall–Kier alpha value is -1.76. The van der Waals surface area contributed by atoms with Crippen molar-refractivity contribution in [2.45, 2.75) is 58.5 Å². The maximum atomic E-state index is 9.05. The highest BCUT2D eigenvalue weighted by atomic mass is 16.2. The summed E-state index contributed by atoms with van der Waals surface area (Å²) in [5.41, 5.74) is 2.38. The van der Waals surface area contributed by atoms with Crippen molar-refractivity contribution in [1.29, 1.82) is 0 Å². The summed E-state index contributed by atoms with van der Waals surface area (Å²) < 4.78 is 1.82. The molecule has 22 heavy (non-hydrogen) atoms. The largest absolute Gasteiger partial charge is 0.396 e. The van der Waals surface area contributed by atoms with E-state index in [9.17, 15) is 0 Å². The van der Waals surface area contributed by atoms with Crippen molar-refractivity contribution in [2.24, 2.45) is 4.99 Å². The summed E-state index contributed by atoms with van der Waals surface area (Å²) in [6.07, 6.45) is 3.84. The van der Waals surface area contributed by atoms with Gasteiger partial charge in [0.2, 0.25) is 0 Å². The minimum atomic E-state index is -0.00521. The molecular formula is C15H24N6O. The summed E-state index contributed by atoms with van der Waals surface area (Å²) in [6.45, 7) is 7.56. The van der Waals surface area contributed by atoms with E-state index in [4.69, 9.17) is 10.1 Å². The molecule has 2 atom stereocenters. The van der Waals surface area contributed by atoms with Gasteiger partial charge in [0, 0.05) is 25.3 Å². The van der Waals surface area contributed by atoms with E-state index < -0.39 is 0 Å². The molecule has 0 spiro atoms. The van der Waals surface area contributed by atoms with Crippen molar-refractivity contribution in [3.8, 4) is 0 Å². The van der Waals surface area contributed by atoms with E-state index in [-0.39, 0.29) is 18.7 Å². The van der Waals surface area contributed by atoms with Crippen molar-refractivity contribution < 1.29 is 5.11 Å². The lowest BCUT2D eigenvalue weighted by molar-refractivity contribution is 0.264. The van der Waals surface area contributed by atoms with Gasteiger partial charge in [-0.15, -0.1) is 5.10 Å². The smallest absolute Gasteiger partial charge is 0.183 e. The van der Waals surface area contributed by atoms with Crippen LogP contribution in [0, 0.1) is 0 Å². The number of aliphatic hydroxyl groups excluding tert-OH is 1. The van der Waals surface area contributed by atoms with Crippen LogP contribution >= 0.6 is 0 Å². The van der Waals surface area contributed by atoms with E-state index in [0.29, 0.717) is 0 Å². The molecule has 0 saturated heterocycles. The van der Waals surface area contributed by atoms with Crippen molar-refractivity contribution >= 4 is 11.5 Å². The van der Waals surface area contributed by atoms with E-state index in [1.807, 2.05) is 4.68 Å². The number of tetrazole rings is 1. The molecule has 1 aromatic rings. The Morgan fingerprint density at radius 1 is 1.23 bits per heavy atom. The third-order valence-corrected chi connectivity index (χ3v) is 4.63. The van der Waals surface area contributed by atoms with E-state index in [0.717, 1.165) is 49.6 Å². The average molecular weight is 304 g/mol. The molecule has 1 N–H and O–H groups in total. The molecule has 7 heteroatoms. The molecule has 2 unspecified atom stereocenters. The summed E-state index contributed by atoms with van der Waals surface area (Å²) in [5.74, 6) is 1.99. The third kappa shape index (κ3) is 2.33. The molecule has 7 nitrogen and oxygen atoms in total.